The molecule has 0 spiro atoms. The van der Waals surface area contributed by atoms with Gasteiger partial charge in [-0.2, -0.15) is 0 Å². The van der Waals surface area contributed by atoms with Gasteiger partial charge in [-0.3, -0.25) is 10.1 Å². The average molecular weight is 498 g/mol. The van der Waals surface area contributed by atoms with Gasteiger partial charge in [-0.05, 0) is 54.5 Å². The fourth-order valence-electron chi connectivity index (χ4n) is 4.48. The zero-order valence-electron chi connectivity index (χ0n) is 20.2. The molecule has 0 saturated heterocycles. The standard InChI is InChI=1S/C30H27NO4S/c1-19(21-6-4-3-5-7-21)35-29(34)31-27-20(2)36-18-26(27)24-10-8-22(9-11-24)23-12-14-25(15-13-23)30(16-17-30)28(32)33/h3-15,18-19H,16-17H2,1-2H3,(H,31,34)(H,32,33). The number of thiophene rings is 1. The Balaban J connectivity index is 1.30. The predicted molar refractivity (Wildman–Crippen MR) is 143 cm³/mol. The van der Waals surface area contributed by atoms with E-state index in [4.69, 9.17) is 4.74 Å². The molecule has 2 N–H and O–H groups in total. The molecule has 6 heteroatoms. The smallest absolute Gasteiger partial charge is 0.412 e. The van der Waals surface area contributed by atoms with Crippen LogP contribution in [-0.4, -0.2) is 17.2 Å². The third-order valence-electron chi connectivity index (χ3n) is 6.88. The first-order valence-electron chi connectivity index (χ1n) is 11.9. The van der Waals surface area contributed by atoms with Crippen LogP contribution in [0.25, 0.3) is 22.3 Å². The second-order valence-corrected chi connectivity index (χ2v) is 10.3. The molecule has 4 aromatic rings. The van der Waals surface area contributed by atoms with Crippen LogP contribution in [0.4, 0.5) is 10.5 Å². The third-order valence-corrected chi connectivity index (χ3v) is 7.79. The number of ether oxygens (including phenoxy) is 1. The number of hydrogen-bond donors (Lipinski definition) is 2. The van der Waals surface area contributed by atoms with Crippen molar-refractivity contribution < 1.29 is 19.4 Å². The number of anilines is 1. The maximum Gasteiger partial charge on any atom is 0.412 e. The van der Waals surface area contributed by atoms with Crippen LogP contribution in [0.3, 0.4) is 0 Å². The number of rotatable bonds is 7. The first-order chi connectivity index (χ1) is 17.4. The van der Waals surface area contributed by atoms with E-state index >= 15 is 0 Å². The fraction of sp³-hybridized carbons (Fsp3) is 0.200. The van der Waals surface area contributed by atoms with E-state index in [1.807, 2.05) is 98.1 Å². The zero-order valence-corrected chi connectivity index (χ0v) is 21.0. The Hall–Kier alpha value is -3.90. The maximum absolute atomic E-state index is 12.6. The third kappa shape index (κ3) is 4.64. The molecule has 5 rings (SSSR count). The summed E-state index contributed by atoms with van der Waals surface area (Å²) in [6, 6.07) is 25.6. The van der Waals surface area contributed by atoms with Crippen LogP contribution in [0.1, 0.15) is 41.9 Å². The van der Waals surface area contributed by atoms with Gasteiger partial charge in [-0.1, -0.05) is 78.9 Å². The van der Waals surface area contributed by atoms with Crippen LogP contribution >= 0.6 is 11.3 Å². The minimum Gasteiger partial charge on any atom is -0.481 e. The van der Waals surface area contributed by atoms with Crippen LogP contribution < -0.4 is 5.32 Å². The van der Waals surface area contributed by atoms with E-state index < -0.39 is 17.5 Å². The maximum atomic E-state index is 12.6. The Kier molecular flexibility index (Phi) is 6.37. The van der Waals surface area contributed by atoms with Crippen molar-refractivity contribution in [3.8, 4) is 22.3 Å². The molecule has 1 aliphatic carbocycles. The van der Waals surface area contributed by atoms with Crippen LogP contribution in [0.15, 0.2) is 84.2 Å². The monoisotopic (exact) mass is 497 g/mol. The van der Waals surface area contributed by atoms with Crippen molar-refractivity contribution >= 4 is 29.1 Å². The van der Waals surface area contributed by atoms with Crippen molar-refractivity contribution in [2.75, 3.05) is 5.32 Å². The van der Waals surface area contributed by atoms with Gasteiger partial charge in [-0.15, -0.1) is 11.3 Å². The highest BCUT2D eigenvalue weighted by atomic mass is 32.1. The van der Waals surface area contributed by atoms with Gasteiger partial charge in [0.2, 0.25) is 0 Å². The SMILES string of the molecule is Cc1scc(-c2ccc(-c3ccc(C4(C(=O)O)CC4)cc3)cc2)c1NC(=O)OC(C)c1ccccc1. The van der Waals surface area contributed by atoms with E-state index in [2.05, 4.69) is 5.32 Å². The second-order valence-electron chi connectivity index (χ2n) is 9.21. The number of aliphatic carboxylic acids is 1. The minimum absolute atomic E-state index is 0.357. The van der Waals surface area contributed by atoms with Gasteiger partial charge in [0.05, 0.1) is 11.1 Å². The molecule has 1 saturated carbocycles. The molecule has 1 aromatic heterocycles. The Morgan fingerprint density at radius 1 is 0.917 bits per heavy atom. The molecule has 1 heterocycles. The van der Waals surface area contributed by atoms with Crippen molar-refractivity contribution in [2.24, 2.45) is 0 Å². The highest BCUT2D eigenvalue weighted by molar-refractivity contribution is 7.11. The summed E-state index contributed by atoms with van der Waals surface area (Å²) >= 11 is 1.58. The summed E-state index contributed by atoms with van der Waals surface area (Å²) in [6.07, 6.45) is 0.557. The van der Waals surface area contributed by atoms with E-state index in [-0.39, 0.29) is 6.10 Å². The molecular weight excluding hydrogens is 470 g/mol. The quantitative estimate of drug-likeness (QED) is 0.273. The topological polar surface area (TPSA) is 75.6 Å². The molecule has 1 aliphatic rings. The predicted octanol–water partition coefficient (Wildman–Crippen LogP) is 7.82. The number of hydrogen-bond acceptors (Lipinski definition) is 4. The van der Waals surface area contributed by atoms with Crippen molar-refractivity contribution in [1.29, 1.82) is 0 Å². The summed E-state index contributed by atoms with van der Waals surface area (Å²) in [6.45, 7) is 3.83. The van der Waals surface area contributed by atoms with Gasteiger partial charge < -0.3 is 9.84 Å². The molecule has 5 nitrogen and oxygen atoms in total. The van der Waals surface area contributed by atoms with Crippen molar-refractivity contribution in [1.82, 2.24) is 0 Å². The van der Waals surface area contributed by atoms with Gasteiger partial charge in [0, 0.05) is 15.8 Å². The van der Waals surface area contributed by atoms with Gasteiger partial charge in [0.1, 0.15) is 6.10 Å². The lowest BCUT2D eigenvalue weighted by Crippen LogP contribution is -2.19. The number of aryl methyl sites for hydroxylation is 1. The number of carboxylic acid groups (broad SMARTS) is 1. The van der Waals surface area contributed by atoms with E-state index in [1.54, 1.807) is 11.3 Å². The van der Waals surface area contributed by atoms with E-state index in [1.165, 1.54) is 0 Å². The largest absolute Gasteiger partial charge is 0.481 e. The van der Waals surface area contributed by atoms with E-state index in [0.717, 1.165) is 43.9 Å². The number of nitrogens with one attached hydrogen (secondary N) is 1. The molecule has 36 heavy (non-hydrogen) atoms. The second kappa shape index (κ2) is 9.63. The fourth-order valence-corrected chi connectivity index (χ4v) is 5.31. The number of benzene rings is 3. The average Bonchev–Trinajstić information content (AvgIpc) is 3.64. The normalized spacial score (nSPS) is 14.6. The highest BCUT2D eigenvalue weighted by Crippen LogP contribution is 2.48. The van der Waals surface area contributed by atoms with E-state index in [0.29, 0.717) is 12.8 Å². The summed E-state index contributed by atoms with van der Waals surface area (Å²) < 4.78 is 5.60. The highest BCUT2D eigenvalue weighted by Gasteiger charge is 2.51. The number of carbonyl (C=O) groups is 2. The summed E-state index contributed by atoms with van der Waals surface area (Å²) in [7, 11) is 0. The van der Waals surface area contributed by atoms with Crippen molar-refractivity contribution in [2.45, 2.75) is 38.2 Å². The molecule has 3 aromatic carbocycles. The molecule has 0 aliphatic heterocycles. The van der Waals surface area contributed by atoms with Crippen molar-refractivity contribution in [3.63, 3.8) is 0 Å². The Morgan fingerprint density at radius 2 is 1.50 bits per heavy atom. The first kappa shape index (κ1) is 23.8. The van der Waals surface area contributed by atoms with Crippen LogP contribution in [0.5, 0.6) is 0 Å². The number of carbonyl (C=O) groups excluding carboxylic acids is 1. The molecule has 1 unspecified atom stereocenters. The molecule has 0 radical (unpaired) electrons. The minimum atomic E-state index is -0.742. The van der Waals surface area contributed by atoms with Crippen molar-refractivity contribution in [3.05, 3.63) is 100 Å². The van der Waals surface area contributed by atoms with E-state index in [9.17, 15) is 14.7 Å². The van der Waals surface area contributed by atoms with Gasteiger partial charge >= 0.3 is 12.1 Å². The Labute approximate surface area is 214 Å². The lowest BCUT2D eigenvalue weighted by atomic mass is 9.93. The number of carboxylic acids is 1. The lowest BCUT2D eigenvalue weighted by molar-refractivity contribution is -0.140. The molecule has 0 bridgehead atoms. The summed E-state index contributed by atoms with van der Waals surface area (Å²) in [4.78, 5) is 25.2. The molecule has 1 fully saturated rings. The van der Waals surface area contributed by atoms with Gasteiger partial charge in [0.25, 0.3) is 0 Å². The summed E-state index contributed by atoms with van der Waals surface area (Å²) in [5, 5.41) is 14.5. The molecular formula is C30H27NO4S. The lowest BCUT2D eigenvalue weighted by Gasteiger charge is -2.15. The van der Waals surface area contributed by atoms with Crippen LogP contribution in [0.2, 0.25) is 0 Å². The van der Waals surface area contributed by atoms with Crippen LogP contribution in [0, 0.1) is 6.92 Å². The zero-order chi connectivity index (χ0) is 25.3. The summed E-state index contributed by atoms with van der Waals surface area (Å²) in [5.41, 5.74) is 5.89. The Morgan fingerprint density at radius 3 is 2.08 bits per heavy atom. The summed E-state index contributed by atoms with van der Waals surface area (Å²) in [5.74, 6) is -0.742. The van der Waals surface area contributed by atoms with Gasteiger partial charge in [0.15, 0.2) is 0 Å². The molecule has 182 valence electrons. The van der Waals surface area contributed by atoms with Gasteiger partial charge in [-0.25, -0.2) is 4.79 Å². The molecule has 1 atom stereocenters. The molecule has 1 amide bonds. The van der Waals surface area contributed by atoms with Crippen LogP contribution in [-0.2, 0) is 14.9 Å². The number of amides is 1. The first-order valence-corrected chi connectivity index (χ1v) is 12.8. The Bertz CT molecular complexity index is 1390.